The number of pyridine rings is 1. The van der Waals surface area contributed by atoms with Gasteiger partial charge in [-0.25, -0.2) is 28.1 Å². The van der Waals surface area contributed by atoms with E-state index in [4.69, 9.17) is 14.7 Å². The van der Waals surface area contributed by atoms with E-state index in [1.54, 1.807) is 0 Å². The first-order chi connectivity index (χ1) is 23.7. The number of ether oxygens (including phenoxy) is 1. The number of rotatable bonds is 8. The Morgan fingerprint density at radius 2 is 1.54 bits per heavy atom. The van der Waals surface area contributed by atoms with E-state index in [0.717, 1.165) is 38.1 Å². The Balaban J connectivity index is 1.69. The molecule has 1 aliphatic carbocycles. The number of phenolic OH excluding ortho intramolecular Hbond substituents is 1. The average molecular weight is 721 g/mol. The van der Waals surface area contributed by atoms with E-state index in [2.05, 4.69) is 62.9 Å². The maximum atomic E-state index is 17.3. The number of anilines is 1. The van der Waals surface area contributed by atoms with E-state index in [-0.39, 0.29) is 61.7 Å². The summed E-state index contributed by atoms with van der Waals surface area (Å²) in [5, 5.41) is 11.6. The Bertz CT molecular complexity index is 1990. The van der Waals surface area contributed by atoms with Gasteiger partial charge in [-0.3, -0.25) is 0 Å². The number of hydrogen-bond acceptors (Lipinski definition) is 7. The summed E-state index contributed by atoms with van der Waals surface area (Å²) in [5.74, 6) is 1.82. The standard InChI is InChI=1S/C39H47F3N4O2SSi/c1-20(2)48-38-32-36(44-39(49-9)45-37(32)46-18-24-10-11-25(16-24)19-46)34(42)35(43-38)28-17-30(47)33(41)27-12-13-29(40)26(31(27)28)14-15-50(21(3)4,22(5)6)23(7)8/h12-13,17,20-25,47H,10-11,16,18-19H2,1-9H3. The van der Waals surface area contributed by atoms with Gasteiger partial charge in [0.05, 0.1) is 11.7 Å². The molecule has 6 nitrogen and oxygen atoms in total. The van der Waals surface area contributed by atoms with Gasteiger partial charge in [0.25, 0.3) is 0 Å². The van der Waals surface area contributed by atoms with E-state index in [1.807, 2.05) is 20.1 Å². The van der Waals surface area contributed by atoms with Crippen molar-refractivity contribution in [1.29, 1.82) is 0 Å². The largest absolute Gasteiger partial charge is 0.505 e. The zero-order chi connectivity index (χ0) is 36.2. The van der Waals surface area contributed by atoms with E-state index in [1.165, 1.54) is 24.2 Å². The summed E-state index contributed by atoms with van der Waals surface area (Å²) < 4.78 is 55.3. The Morgan fingerprint density at radius 3 is 2.12 bits per heavy atom. The van der Waals surface area contributed by atoms with Gasteiger partial charge in [-0.15, -0.1) is 5.54 Å². The second-order valence-corrected chi connectivity index (χ2v) is 21.6. The molecule has 6 rings (SSSR count). The summed E-state index contributed by atoms with van der Waals surface area (Å²) in [6, 6.07) is 3.51. The molecule has 1 saturated heterocycles. The minimum absolute atomic E-state index is 0.00324. The number of halogens is 3. The van der Waals surface area contributed by atoms with Crippen LogP contribution in [0, 0.1) is 40.8 Å². The Kier molecular flexibility index (Phi) is 10.1. The van der Waals surface area contributed by atoms with Gasteiger partial charge >= 0.3 is 0 Å². The second-order valence-electron chi connectivity index (χ2n) is 15.2. The molecule has 4 aromatic rings. The van der Waals surface area contributed by atoms with Crippen LogP contribution in [0.1, 0.15) is 80.2 Å². The van der Waals surface area contributed by atoms with Gasteiger partial charge < -0.3 is 14.7 Å². The van der Waals surface area contributed by atoms with Crippen LogP contribution in [0.15, 0.2) is 23.4 Å². The molecule has 2 aromatic carbocycles. The van der Waals surface area contributed by atoms with Crippen molar-refractivity contribution in [2.45, 2.75) is 103 Å². The van der Waals surface area contributed by atoms with Crippen molar-refractivity contribution in [1.82, 2.24) is 15.0 Å². The van der Waals surface area contributed by atoms with Gasteiger partial charge in [0.2, 0.25) is 5.88 Å². The van der Waals surface area contributed by atoms with Crippen molar-refractivity contribution in [2.75, 3.05) is 24.2 Å². The van der Waals surface area contributed by atoms with E-state index in [9.17, 15) is 5.11 Å². The molecule has 2 bridgehead atoms. The summed E-state index contributed by atoms with van der Waals surface area (Å²) in [7, 11) is -2.36. The lowest BCUT2D eigenvalue weighted by molar-refractivity contribution is 0.236. The molecule has 50 heavy (non-hydrogen) atoms. The van der Waals surface area contributed by atoms with Crippen LogP contribution >= 0.6 is 11.8 Å². The lowest BCUT2D eigenvalue weighted by Gasteiger charge is -2.38. The molecular formula is C39H47F3N4O2SSi. The minimum Gasteiger partial charge on any atom is -0.505 e. The predicted octanol–water partition coefficient (Wildman–Crippen LogP) is 10.3. The van der Waals surface area contributed by atoms with Gasteiger partial charge in [0, 0.05) is 29.4 Å². The third-order valence-electron chi connectivity index (χ3n) is 10.8. The maximum Gasteiger partial charge on any atom is 0.227 e. The zero-order valence-corrected chi connectivity index (χ0v) is 32.2. The molecule has 3 heterocycles. The summed E-state index contributed by atoms with van der Waals surface area (Å²) >= 11 is 1.31. The highest BCUT2D eigenvalue weighted by atomic mass is 32.2. The van der Waals surface area contributed by atoms with Crippen LogP contribution in [0.3, 0.4) is 0 Å². The molecule has 0 amide bonds. The molecule has 0 radical (unpaired) electrons. The molecule has 11 heteroatoms. The van der Waals surface area contributed by atoms with Crippen LogP contribution in [0.5, 0.6) is 11.6 Å². The average Bonchev–Trinajstić information content (AvgIpc) is 3.40. The third kappa shape index (κ3) is 6.21. The van der Waals surface area contributed by atoms with E-state index in [0.29, 0.717) is 28.2 Å². The number of benzene rings is 2. The molecule has 2 unspecified atom stereocenters. The fourth-order valence-corrected chi connectivity index (χ4v) is 14.2. The van der Waals surface area contributed by atoms with E-state index >= 15 is 13.2 Å². The van der Waals surface area contributed by atoms with Crippen molar-refractivity contribution in [3.63, 3.8) is 0 Å². The monoisotopic (exact) mass is 720 g/mol. The van der Waals surface area contributed by atoms with Crippen LogP contribution < -0.4 is 9.64 Å². The zero-order valence-electron chi connectivity index (χ0n) is 30.4. The molecular weight excluding hydrogens is 674 g/mol. The van der Waals surface area contributed by atoms with Crippen LogP contribution in [0.2, 0.25) is 16.6 Å². The highest BCUT2D eigenvalue weighted by Gasteiger charge is 2.42. The van der Waals surface area contributed by atoms with Gasteiger partial charge in [-0.05, 0) is 86.0 Å². The van der Waals surface area contributed by atoms with Crippen molar-refractivity contribution < 1.29 is 23.0 Å². The number of hydrogen-bond donors (Lipinski definition) is 1. The highest BCUT2D eigenvalue weighted by molar-refractivity contribution is 7.98. The molecule has 2 aromatic heterocycles. The molecule has 2 atom stereocenters. The topological polar surface area (TPSA) is 71.4 Å². The van der Waals surface area contributed by atoms with Crippen LogP contribution in [-0.4, -0.2) is 53.6 Å². The summed E-state index contributed by atoms with van der Waals surface area (Å²) in [5.41, 5.74) is 4.04. The van der Waals surface area contributed by atoms with Crippen molar-refractivity contribution >= 4 is 47.3 Å². The number of aromatic hydroxyl groups is 1. The smallest absolute Gasteiger partial charge is 0.227 e. The molecule has 1 saturated carbocycles. The number of phenols is 1. The fraction of sp³-hybridized carbons (Fsp3) is 0.513. The number of piperidine rings is 1. The van der Waals surface area contributed by atoms with Crippen molar-refractivity contribution in [3.8, 4) is 34.4 Å². The molecule has 266 valence electrons. The Hall–Kier alpha value is -3.49. The van der Waals surface area contributed by atoms with Gasteiger partial charge in [-0.2, -0.15) is 0 Å². The molecule has 2 aliphatic rings. The first-order valence-corrected chi connectivity index (χ1v) is 21.2. The quantitative estimate of drug-likeness (QED) is 0.0841. The fourth-order valence-electron chi connectivity index (χ4n) is 8.65. The second kappa shape index (κ2) is 13.9. The molecule has 0 spiro atoms. The van der Waals surface area contributed by atoms with Crippen LogP contribution in [0.25, 0.3) is 32.9 Å². The first-order valence-electron chi connectivity index (χ1n) is 17.7. The number of nitrogens with zero attached hydrogens (tertiary/aromatic N) is 4. The normalized spacial score (nSPS) is 17.9. The summed E-state index contributed by atoms with van der Waals surface area (Å²) in [6.07, 6.45) is 4.99. The van der Waals surface area contributed by atoms with Gasteiger partial charge in [0.1, 0.15) is 36.3 Å². The van der Waals surface area contributed by atoms with Gasteiger partial charge in [-0.1, -0.05) is 59.2 Å². The molecule has 2 fully saturated rings. The predicted molar refractivity (Wildman–Crippen MR) is 200 cm³/mol. The molecule has 1 aliphatic heterocycles. The lowest BCUT2D eigenvalue weighted by atomic mass is 9.95. The maximum absolute atomic E-state index is 17.3. The number of aromatic nitrogens is 3. The van der Waals surface area contributed by atoms with Crippen molar-refractivity contribution in [2.24, 2.45) is 11.8 Å². The SMILES string of the molecule is CSc1nc(N2CC3CCC(C3)C2)c2c(OC(C)C)nc(-c3cc(O)c(F)c4ccc(F)c(C#C[Si](C(C)C)(C(C)C)C(C)C)c34)c(F)c2n1. The minimum atomic E-state index is -2.36. The first kappa shape index (κ1) is 36.3. The van der Waals surface area contributed by atoms with Crippen molar-refractivity contribution in [3.05, 3.63) is 41.2 Å². The van der Waals surface area contributed by atoms with Crippen LogP contribution in [0.4, 0.5) is 19.0 Å². The third-order valence-corrected chi connectivity index (χ3v) is 17.7. The number of fused-ring (bicyclic) bond motifs is 4. The Morgan fingerprint density at radius 1 is 0.900 bits per heavy atom. The highest BCUT2D eigenvalue weighted by Crippen LogP contribution is 2.46. The van der Waals surface area contributed by atoms with Gasteiger partial charge in [0.15, 0.2) is 22.5 Å². The summed E-state index contributed by atoms with van der Waals surface area (Å²) in [4.78, 5) is 16.5. The van der Waals surface area contributed by atoms with Crippen LogP contribution in [-0.2, 0) is 0 Å². The molecule has 1 N–H and O–H groups in total. The Labute approximate surface area is 298 Å². The summed E-state index contributed by atoms with van der Waals surface area (Å²) in [6.45, 7) is 18.2. The van der Waals surface area contributed by atoms with E-state index < -0.39 is 31.3 Å². The lowest BCUT2D eigenvalue weighted by Crippen LogP contribution is -2.43. The number of thioether (sulfide) groups is 1.